The van der Waals surface area contributed by atoms with Crippen LogP contribution in [0.3, 0.4) is 0 Å². The molecule has 0 unspecified atom stereocenters. The quantitative estimate of drug-likeness (QED) is 0.725. The first-order valence-corrected chi connectivity index (χ1v) is 10.1. The van der Waals surface area contributed by atoms with Crippen molar-refractivity contribution >= 4 is 5.69 Å². The van der Waals surface area contributed by atoms with Gasteiger partial charge in [-0.15, -0.1) is 0 Å². The predicted octanol–water partition coefficient (Wildman–Crippen LogP) is 3.28. The molecule has 0 spiro atoms. The Hall–Kier alpha value is -2.99. The SMILES string of the molecule is CN(C)c1ccc(CN2CCC(c3cc(=O)[nH]c(-c4cccnc4)n3)CC2)cc1. The summed E-state index contributed by atoms with van der Waals surface area (Å²) in [6, 6.07) is 14.2. The van der Waals surface area contributed by atoms with E-state index in [0.29, 0.717) is 11.7 Å². The topological polar surface area (TPSA) is 65.1 Å². The van der Waals surface area contributed by atoms with E-state index >= 15 is 0 Å². The summed E-state index contributed by atoms with van der Waals surface area (Å²) in [5.74, 6) is 0.920. The first-order chi connectivity index (χ1) is 14.1. The van der Waals surface area contributed by atoms with Gasteiger partial charge in [0.15, 0.2) is 0 Å². The van der Waals surface area contributed by atoms with Crippen molar-refractivity contribution in [3.8, 4) is 11.4 Å². The molecule has 0 amide bonds. The number of aromatic amines is 1. The monoisotopic (exact) mass is 389 g/mol. The molecule has 0 aliphatic carbocycles. The Morgan fingerprint density at radius 2 is 1.90 bits per heavy atom. The van der Waals surface area contributed by atoms with E-state index in [-0.39, 0.29) is 5.56 Å². The molecular weight excluding hydrogens is 362 g/mol. The third-order valence-electron chi connectivity index (χ3n) is 5.56. The minimum Gasteiger partial charge on any atom is -0.378 e. The highest BCUT2D eigenvalue weighted by molar-refractivity contribution is 5.52. The number of rotatable bonds is 5. The number of hydrogen-bond acceptors (Lipinski definition) is 5. The lowest BCUT2D eigenvalue weighted by molar-refractivity contribution is 0.203. The number of nitrogens with zero attached hydrogens (tertiary/aromatic N) is 4. The summed E-state index contributed by atoms with van der Waals surface area (Å²) in [5.41, 5.74) is 4.18. The van der Waals surface area contributed by atoms with Gasteiger partial charge < -0.3 is 9.88 Å². The second-order valence-electron chi connectivity index (χ2n) is 7.87. The van der Waals surface area contributed by atoms with Gasteiger partial charge in [-0.25, -0.2) is 4.98 Å². The van der Waals surface area contributed by atoms with Crippen LogP contribution in [-0.4, -0.2) is 47.0 Å². The molecule has 1 aliphatic heterocycles. The Morgan fingerprint density at radius 1 is 1.14 bits per heavy atom. The van der Waals surface area contributed by atoms with Crippen LogP contribution in [0.5, 0.6) is 0 Å². The van der Waals surface area contributed by atoms with Crippen molar-refractivity contribution in [1.82, 2.24) is 19.9 Å². The molecule has 1 aromatic carbocycles. The number of piperidine rings is 1. The Morgan fingerprint density at radius 3 is 2.55 bits per heavy atom. The number of hydrogen-bond donors (Lipinski definition) is 1. The zero-order valence-corrected chi connectivity index (χ0v) is 17.0. The van der Waals surface area contributed by atoms with E-state index in [2.05, 4.69) is 58.1 Å². The van der Waals surface area contributed by atoms with Crippen molar-refractivity contribution in [2.45, 2.75) is 25.3 Å². The van der Waals surface area contributed by atoms with E-state index < -0.39 is 0 Å². The highest BCUT2D eigenvalue weighted by Crippen LogP contribution is 2.28. The average Bonchev–Trinajstić information content (AvgIpc) is 2.75. The summed E-state index contributed by atoms with van der Waals surface area (Å²) in [6.07, 6.45) is 5.47. The molecule has 1 saturated heterocycles. The van der Waals surface area contributed by atoms with Crippen LogP contribution in [0.4, 0.5) is 5.69 Å². The van der Waals surface area contributed by atoms with Crippen LogP contribution in [0.2, 0.25) is 0 Å². The van der Waals surface area contributed by atoms with Gasteiger partial charge in [0.1, 0.15) is 5.82 Å². The Labute approximate surface area is 171 Å². The summed E-state index contributed by atoms with van der Waals surface area (Å²) >= 11 is 0. The second kappa shape index (κ2) is 8.57. The van der Waals surface area contributed by atoms with E-state index in [0.717, 1.165) is 43.7 Å². The van der Waals surface area contributed by atoms with Crippen molar-refractivity contribution < 1.29 is 0 Å². The first-order valence-electron chi connectivity index (χ1n) is 10.1. The fourth-order valence-corrected chi connectivity index (χ4v) is 3.87. The molecule has 0 bridgehead atoms. The van der Waals surface area contributed by atoms with E-state index in [4.69, 9.17) is 4.98 Å². The lowest BCUT2D eigenvalue weighted by atomic mass is 9.93. The summed E-state index contributed by atoms with van der Waals surface area (Å²) < 4.78 is 0. The molecule has 150 valence electrons. The minimum absolute atomic E-state index is 0.0998. The summed E-state index contributed by atoms with van der Waals surface area (Å²) in [6.45, 7) is 2.98. The first kappa shape index (κ1) is 19.3. The molecular formula is C23H27N5O. The van der Waals surface area contributed by atoms with Crippen LogP contribution in [0.1, 0.15) is 30.0 Å². The second-order valence-corrected chi connectivity index (χ2v) is 7.87. The van der Waals surface area contributed by atoms with E-state index in [1.165, 1.54) is 11.3 Å². The third-order valence-corrected chi connectivity index (χ3v) is 5.56. The maximum Gasteiger partial charge on any atom is 0.251 e. The van der Waals surface area contributed by atoms with Crippen molar-refractivity contribution in [1.29, 1.82) is 0 Å². The zero-order valence-electron chi connectivity index (χ0n) is 17.0. The molecule has 6 heteroatoms. The van der Waals surface area contributed by atoms with Crippen LogP contribution < -0.4 is 10.5 Å². The van der Waals surface area contributed by atoms with Gasteiger partial charge in [-0.3, -0.25) is 14.7 Å². The molecule has 0 atom stereocenters. The molecule has 29 heavy (non-hydrogen) atoms. The minimum atomic E-state index is -0.0998. The zero-order chi connectivity index (χ0) is 20.2. The summed E-state index contributed by atoms with van der Waals surface area (Å²) in [5, 5.41) is 0. The van der Waals surface area contributed by atoms with Gasteiger partial charge in [0.2, 0.25) is 0 Å². The molecule has 1 fully saturated rings. The van der Waals surface area contributed by atoms with Gasteiger partial charge in [0, 0.05) is 56.3 Å². The van der Waals surface area contributed by atoms with Gasteiger partial charge in [-0.1, -0.05) is 12.1 Å². The Bertz CT molecular complexity index is 990. The van der Waals surface area contributed by atoms with E-state index in [1.54, 1.807) is 18.5 Å². The van der Waals surface area contributed by atoms with Crippen LogP contribution >= 0.6 is 0 Å². The number of pyridine rings is 1. The highest BCUT2D eigenvalue weighted by atomic mass is 16.1. The lowest BCUT2D eigenvalue weighted by Gasteiger charge is -2.31. The Kier molecular flexibility index (Phi) is 5.71. The van der Waals surface area contributed by atoms with E-state index in [1.807, 2.05) is 12.1 Å². The van der Waals surface area contributed by atoms with Crippen LogP contribution in [-0.2, 0) is 6.54 Å². The maximum atomic E-state index is 12.2. The molecule has 1 N–H and O–H groups in total. The number of likely N-dealkylation sites (tertiary alicyclic amines) is 1. The molecule has 3 heterocycles. The highest BCUT2D eigenvalue weighted by Gasteiger charge is 2.22. The molecule has 4 rings (SSSR count). The van der Waals surface area contributed by atoms with Crippen molar-refractivity contribution in [2.24, 2.45) is 0 Å². The van der Waals surface area contributed by atoms with Gasteiger partial charge in [0.05, 0.1) is 5.69 Å². The van der Waals surface area contributed by atoms with E-state index in [9.17, 15) is 4.79 Å². The molecule has 0 radical (unpaired) electrons. The van der Waals surface area contributed by atoms with Crippen molar-refractivity contribution in [2.75, 3.05) is 32.1 Å². The molecule has 3 aromatic rings. The van der Waals surface area contributed by atoms with Crippen LogP contribution in [0.25, 0.3) is 11.4 Å². The summed E-state index contributed by atoms with van der Waals surface area (Å²) in [7, 11) is 4.12. The van der Waals surface area contributed by atoms with Crippen molar-refractivity contribution in [3.63, 3.8) is 0 Å². The Balaban J connectivity index is 1.41. The predicted molar refractivity (Wildman–Crippen MR) is 116 cm³/mol. The van der Waals surface area contributed by atoms with Gasteiger partial charge >= 0.3 is 0 Å². The van der Waals surface area contributed by atoms with Crippen molar-refractivity contribution in [3.05, 3.63) is 76.5 Å². The third kappa shape index (κ3) is 4.71. The normalized spacial score (nSPS) is 15.4. The number of nitrogens with one attached hydrogen (secondary N) is 1. The molecule has 0 saturated carbocycles. The van der Waals surface area contributed by atoms with Gasteiger partial charge in [-0.05, 0) is 55.8 Å². The van der Waals surface area contributed by atoms with Crippen LogP contribution in [0, 0.1) is 0 Å². The number of aromatic nitrogens is 3. The number of benzene rings is 1. The summed E-state index contributed by atoms with van der Waals surface area (Å²) in [4.78, 5) is 28.5. The standard InChI is InChI=1S/C23H27N5O/c1-27(2)20-7-5-17(6-8-20)16-28-12-9-18(10-13-28)21-14-22(29)26-23(25-21)19-4-3-11-24-15-19/h3-8,11,14-15,18H,9-10,12-13,16H2,1-2H3,(H,25,26,29). The van der Waals surface area contributed by atoms with Crippen LogP contribution in [0.15, 0.2) is 59.7 Å². The number of anilines is 1. The molecule has 1 aliphatic rings. The lowest BCUT2D eigenvalue weighted by Crippen LogP contribution is -2.33. The molecule has 2 aromatic heterocycles. The van der Waals surface area contributed by atoms with Gasteiger partial charge in [-0.2, -0.15) is 0 Å². The fraction of sp³-hybridized carbons (Fsp3) is 0.348. The average molecular weight is 390 g/mol. The molecule has 6 nitrogen and oxygen atoms in total. The van der Waals surface area contributed by atoms with Gasteiger partial charge in [0.25, 0.3) is 5.56 Å². The smallest absolute Gasteiger partial charge is 0.251 e. The largest absolute Gasteiger partial charge is 0.378 e. The number of H-pyrrole nitrogens is 1. The maximum absolute atomic E-state index is 12.2. The fourth-order valence-electron chi connectivity index (χ4n) is 3.87.